The minimum absolute atomic E-state index is 0.269. The molecular weight excluding hydrogens is 271 g/mol. The Morgan fingerprint density at radius 3 is 2.18 bits per heavy atom. The fraction of sp³-hybridized carbons (Fsp3) is 0.286. The van der Waals surface area contributed by atoms with Gasteiger partial charge in [0.1, 0.15) is 10.6 Å². The number of sulfonamides is 1. The molecule has 1 heterocycles. The molecule has 0 fully saturated rings. The fourth-order valence-corrected chi connectivity index (χ4v) is 2.07. The zero-order chi connectivity index (χ0) is 13.4. The van der Waals surface area contributed by atoms with Crippen LogP contribution in [0.5, 0.6) is 0 Å². The molecule has 0 radical (unpaired) electrons. The van der Waals surface area contributed by atoms with E-state index in [9.17, 15) is 30.4 Å². The topological polar surface area (TPSA) is 73.1 Å². The predicted octanol–water partition coefficient (Wildman–Crippen LogP) is 1.69. The average Bonchev–Trinajstić information content (AvgIpc) is 2.13. The van der Waals surface area contributed by atoms with E-state index in [1.54, 1.807) is 0 Å². The quantitative estimate of drug-likeness (QED) is 0.835. The standard InChI is InChI=1S/C7H5F5N2O2S/c8-6(9)4-5(17(13,15)16)3(1-2-14-4)7(10,11)12/h1-2,6H,(H2,13,15,16). The van der Waals surface area contributed by atoms with Crippen molar-refractivity contribution in [2.75, 3.05) is 0 Å². The maximum absolute atomic E-state index is 12.4. The SMILES string of the molecule is NS(=O)(=O)c1c(C(F)(F)F)ccnc1C(F)F. The summed E-state index contributed by atoms with van der Waals surface area (Å²) in [5.41, 5.74) is -3.27. The van der Waals surface area contributed by atoms with Gasteiger partial charge in [0.15, 0.2) is 0 Å². The molecule has 0 atom stereocenters. The molecule has 2 N–H and O–H groups in total. The molecule has 0 saturated heterocycles. The second-order valence-corrected chi connectivity index (χ2v) is 4.41. The van der Waals surface area contributed by atoms with Gasteiger partial charge in [-0.1, -0.05) is 0 Å². The number of halogens is 5. The van der Waals surface area contributed by atoms with E-state index in [1.807, 2.05) is 0 Å². The van der Waals surface area contributed by atoms with E-state index in [2.05, 4.69) is 10.1 Å². The van der Waals surface area contributed by atoms with Crippen LogP contribution in [0.25, 0.3) is 0 Å². The number of rotatable bonds is 2. The molecule has 0 amide bonds. The number of nitrogens with two attached hydrogens (primary N) is 1. The van der Waals surface area contributed by atoms with Crippen LogP contribution in [-0.4, -0.2) is 13.4 Å². The van der Waals surface area contributed by atoms with Crippen molar-refractivity contribution in [2.45, 2.75) is 17.5 Å². The average molecular weight is 276 g/mol. The van der Waals surface area contributed by atoms with Gasteiger partial charge < -0.3 is 0 Å². The molecule has 0 aliphatic carbocycles. The summed E-state index contributed by atoms with van der Waals surface area (Å²) in [6, 6.07) is 0.269. The monoisotopic (exact) mass is 276 g/mol. The van der Waals surface area contributed by atoms with Crippen molar-refractivity contribution in [3.63, 3.8) is 0 Å². The maximum Gasteiger partial charge on any atom is 0.417 e. The van der Waals surface area contributed by atoms with E-state index in [1.165, 1.54) is 0 Å². The third-order valence-electron chi connectivity index (χ3n) is 1.73. The van der Waals surface area contributed by atoms with Crippen molar-refractivity contribution in [2.24, 2.45) is 5.14 Å². The molecular formula is C7H5F5N2O2S. The molecule has 0 aliphatic heterocycles. The molecule has 0 saturated carbocycles. The lowest BCUT2D eigenvalue weighted by molar-refractivity contribution is -0.140. The number of primary sulfonamides is 1. The Labute approximate surface area is 92.3 Å². The number of pyridine rings is 1. The highest BCUT2D eigenvalue weighted by Gasteiger charge is 2.39. The zero-order valence-corrected chi connectivity index (χ0v) is 8.69. The van der Waals surface area contributed by atoms with Gasteiger partial charge in [0, 0.05) is 6.20 Å². The molecule has 96 valence electrons. The summed E-state index contributed by atoms with van der Waals surface area (Å²) in [6.45, 7) is 0. The first kappa shape index (κ1) is 13.8. The third kappa shape index (κ3) is 2.88. The van der Waals surface area contributed by atoms with Crippen molar-refractivity contribution >= 4 is 10.0 Å². The maximum atomic E-state index is 12.4. The molecule has 0 aliphatic rings. The van der Waals surface area contributed by atoms with Crippen LogP contribution in [0.4, 0.5) is 22.0 Å². The number of aromatic nitrogens is 1. The highest BCUT2D eigenvalue weighted by atomic mass is 32.2. The van der Waals surface area contributed by atoms with E-state index in [4.69, 9.17) is 0 Å². The largest absolute Gasteiger partial charge is 0.417 e. The van der Waals surface area contributed by atoms with Crippen LogP contribution < -0.4 is 5.14 Å². The Kier molecular flexibility index (Phi) is 3.39. The Morgan fingerprint density at radius 2 is 1.82 bits per heavy atom. The molecule has 0 aromatic carbocycles. The molecule has 0 spiro atoms. The smallest absolute Gasteiger partial charge is 0.254 e. The van der Waals surface area contributed by atoms with Crippen molar-refractivity contribution in [3.05, 3.63) is 23.5 Å². The molecule has 4 nitrogen and oxygen atoms in total. The number of hydrogen-bond acceptors (Lipinski definition) is 3. The van der Waals surface area contributed by atoms with Gasteiger partial charge >= 0.3 is 6.18 Å². The molecule has 1 rings (SSSR count). The lowest BCUT2D eigenvalue weighted by Gasteiger charge is -2.13. The van der Waals surface area contributed by atoms with Gasteiger partial charge in [-0.25, -0.2) is 22.3 Å². The molecule has 1 aromatic heterocycles. The summed E-state index contributed by atoms with van der Waals surface area (Å²) in [5, 5.41) is 4.49. The summed E-state index contributed by atoms with van der Waals surface area (Å²) in [4.78, 5) is 1.22. The Bertz CT molecular complexity index is 526. The van der Waals surface area contributed by atoms with Gasteiger partial charge in [0.05, 0.1) is 5.56 Å². The van der Waals surface area contributed by atoms with E-state index < -0.39 is 38.8 Å². The van der Waals surface area contributed by atoms with Gasteiger partial charge in [-0.05, 0) is 6.07 Å². The van der Waals surface area contributed by atoms with Crippen LogP contribution in [0.3, 0.4) is 0 Å². The van der Waals surface area contributed by atoms with Crippen LogP contribution in [0.2, 0.25) is 0 Å². The molecule has 0 unspecified atom stereocenters. The van der Waals surface area contributed by atoms with Crippen molar-refractivity contribution in [1.29, 1.82) is 0 Å². The first-order chi connectivity index (χ1) is 7.55. The summed E-state index contributed by atoms with van der Waals surface area (Å²) in [5.74, 6) is 0. The number of alkyl halides is 5. The van der Waals surface area contributed by atoms with Gasteiger partial charge in [0.2, 0.25) is 10.0 Å². The number of nitrogens with zero attached hydrogens (tertiary/aromatic N) is 1. The predicted molar refractivity (Wildman–Crippen MR) is 45.6 cm³/mol. The second kappa shape index (κ2) is 4.18. The van der Waals surface area contributed by atoms with Crippen LogP contribution >= 0.6 is 0 Å². The van der Waals surface area contributed by atoms with Gasteiger partial charge in [-0.2, -0.15) is 13.2 Å². The summed E-state index contributed by atoms with van der Waals surface area (Å²) >= 11 is 0. The van der Waals surface area contributed by atoms with Gasteiger partial charge in [-0.15, -0.1) is 0 Å². The fourth-order valence-electron chi connectivity index (χ4n) is 1.14. The summed E-state index contributed by atoms with van der Waals surface area (Å²) in [6.07, 6.45) is -8.15. The lowest BCUT2D eigenvalue weighted by atomic mass is 10.2. The Morgan fingerprint density at radius 1 is 1.29 bits per heavy atom. The van der Waals surface area contributed by atoms with E-state index >= 15 is 0 Å². The molecule has 17 heavy (non-hydrogen) atoms. The minimum Gasteiger partial charge on any atom is -0.254 e. The third-order valence-corrected chi connectivity index (χ3v) is 2.73. The minimum atomic E-state index is -5.12. The van der Waals surface area contributed by atoms with Crippen LogP contribution in [0, 0.1) is 0 Å². The van der Waals surface area contributed by atoms with E-state index in [0.29, 0.717) is 6.20 Å². The van der Waals surface area contributed by atoms with Gasteiger partial charge in [-0.3, -0.25) is 4.98 Å². The van der Waals surface area contributed by atoms with E-state index in [-0.39, 0.29) is 6.07 Å². The Hall–Kier alpha value is -1.29. The first-order valence-electron chi connectivity index (χ1n) is 3.92. The van der Waals surface area contributed by atoms with Crippen LogP contribution in [0.1, 0.15) is 17.7 Å². The van der Waals surface area contributed by atoms with E-state index in [0.717, 1.165) is 0 Å². The van der Waals surface area contributed by atoms with Crippen molar-refractivity contribution < 1.29 is 30.4 Å². The van der Waals surface area contributed by atoms with Gasteiger partial charge in [0.25, 0.3) is 6.43 Å². The Balaban J connectivity index is 3.70. The summed E-state index contributed by atoms with van der Waals surface area (Å²) < 4.78 is 83.9. The normalized spacial score (nSPS) is 13.1. The van der Waals surface area contributed by atoms with Crippen molar-refractivity contribution in [1.82, 2.24) is 4.98 Å². The molecule has 1 aromatic rings. The molecule has 0 bridgehead atoms. The number of hydrogen-bond donors (Lipinski definition) is 1. The molecule has 10 heteroatoms. The second-order valence-electron chi connectivity index (χ2n) is 2.92. The lowest BCUT2D eigenvalue weighted by Crippen LogP contribution is -2.22. The van der Waals surface area contributed by atoms with Crippen molar-refractivity contribution in [3.8, 4) is 0 Å². The van der Waals surface area contributed by atoms with Crippen LogP contribution in [0.15, 0.2) is 17.2 Å². The zero-order valence-electron chi connectivity index (χ0n) is 7.87. The first-order valence-corrected chi connectivity index (χ1v) is 5.47. The highest BCUT2D eigenvalue weighted by molar-refractivity contribution is 7.89. The highest BCUT2D eigenvalue weighted by Crippen LogP contribution is 2.36. The summed E-state index contributed by atoms with van der Waals surface area (Å²) in [7, 11) is -4.95. The van der Waals surface area contributed by atoms with Crippen LogP contribution in [-0.2, 0) is 16.2 Å².